The van der Waals surface area contributed by atoms with E-state index in [9.17, 15) is 4.79 Å². The number of hydrogen-bond donors (Lipinski definition) is 1. The fraction of sp³-hybridized carbons (Fsp3) is 0.353. The third-order valence-electron chi connectivity index (χ3n) is 3.41. The molecule has 1 N–H and O–H groups in total. The van der Waals surface area contributed by atoms with E-state index < -0.39 is 0 Å². The van der Waals surface area contributed by atoms with Gasteiger partial charge in [0, 0.05) is 57.3 Å². The molecule has 0 fully saturated rings. The van der Waals surface area contributed by atoms with E-state index in [0.29, 0.717) is 6.54 Å². The molecule has 0 aliphatic rings. The molecule has 2 rings (SSSR count). The van der Waals surface area contributed by atoms with Crippen molar-refractivity contribution < 1.29 is 9.53 Å². The van der Waals surface area contributed by atoms with Gasteiger partial charge in [-0.15, -0.1) is 0 Å². The van der Waals surface area contributed by atoms with Crippen LogP contribution < -0.4 is 10.2 Å². The first-order valence-electron chi connectivity index (χ1n) is 7.51. The minimum Gasteiger partial charge on any atom is -0.375 e. The number of ether oxygens (including phenoxy) is 1. The quantitative estimate of drug-likeness (QED) is 0.798. The lowest BCUT2D eigenvalue weighted by molar-refractivity contribution is -0.124. The lowest BCUT2D eigenvalue weighted by atomic mass is 10.2. The van der Waals surface area contributed by atoms with E-state index in [1.165, 1.54) is 7.11 Å². The molecule has 0 radical (unpaired) electrons. The highest BCUT2D eigenvalue weighted by Crippen LogP contribution is 2.16. The summed E-state index contributed by atoms with van der Waals surface area (Å²) in [5, 5.41) is 2.83. The van der Waals surface area contributed by atoms with E-state index in [-0.39, 0.29) is 12.5 Å². The van der Waals surface area contributed by atoms with Crippen molar-refractivity contribution in [3.05, 3.63) is 54.0 Å². The monoisotopic (exact) mass is 314 g/mol. The van der Waals surface area contributed by atoms with Crippen molar-refractivity contribution in [2.24, 2.45) is 0 Å². The van der Waals surface area contributed by atoms with E-state index in [4.69, 9.17) is 4.74 Å². The van der Waals surface area contributed by atoms with Crippen LogP contribution in [0.5, 0.6) is 0 Å². The van der Waals surface area contributed by atoms with Gasteiger partial charge < -0.3 is 15.0 Å². The Morgan fingerprint density at radius 3 is 2.78 bits per heavy atom. The van der Waals surface area contributed by atoms with E-state index in [1.807, 2.05) is 37.4 Å². The molecule has 1 amide bonds. The highest BCUT2D eigenvalue weighted by Gasteiger charge is 2.10. The number of aromatic nitrogens is 2. The zero-order valence-electron chi connectivity index (χ0n) is 13.5. The number of methoxy groups -OCH3 is 1. The van der Waals surface area contributed by atoms with Crippen molar-refractivity contribution in [3.8, 4) is 0 Å². The van der Waals surface area contributed by atoms with Crippen LogP contribution in [-0.2, 0) is 22.5 Å². The van der Waals surface area contributed by atoms with Gasteiger partial charge in [-0.1, -0.05) is 12.1 Å². The first-order valence-corrected chi connectivity index (χ1v) is 7.51. The van der Waals surface area contributed by atoms with Crippen LogP contribution in [0.3, 0.4) is 0 Å². The minimum absolute atomic E-state index is 0.0606. The van der Waals surface area contributed by atoms with Gasteiger partial charge in [-0.3, -0.25) is 9.78 Å². The number of likely N-dealkylation sites (N-methyl/N-ethyl adjacent to an activating group) is 1. The van der Waals surface area contributed by atoms with Gasteiger partial charge >= 0.3 is 0 Å². The summed E-state index contributed by atoms with van der Waals surface area (Å²) in [5.74, 6) is 0.722. The highest BCUT2D eigenvalue weighted by molar-refractivity contribution is 5.77. The van der Waals surface area contributed by atoms with E-state index >= 15 is 0 Å². The summed E-state index contributed by atoms with van der Waals surface area (Å²) in [6.07, 6.45) is 4.39. The minimum atomic E-state index is -0.140. The van der Waals surface area contributed by atoms with Crippen LogP contribution in [0.15, 0.2) is 42.7 Å². The van der Waals surface area contributed by atoms with Gasteiger partial charge in [-0.25, -0.2) is 4.98 Å². The number of rotatable bonds is 8. The molecule has 0 spiro atoms. The lowest BCUT2D eigenvalue weighted by Crippen LogP contribution is -2.29. The molecule has 2 aromatic rings. The smallest absolute Gasteiger partial charge is 0.246 e. The number of carbonyl (C=O) groups excluding carboxylic acids is 1. The molecule has 0 aliphatic carbocycles. The summed E-state index contributed by atoms with van der Waals surface area (Å²) < 4.78 is 4.81. The van der Waals surface area contributed by atoms with Gasteiger partial charge in [-0.05, 0) is 18.2 Å². The van der Waals surface area contributed by atoms with Gasteiger partial charge in [-0.2, -0.15) is 0 Å². The fourth-order valence-electron chi connectivity index (χ4n) is 2.22. The predicted molar refractivity (Wildman–Crippen MR) is 89.2 cm³/mol. The van der Waals surface area contributed by atoms with Crippen molar-refractivity contribution in [1.29, 1.82) is 0 Å². The Bertz CT molecular complexity index is 619. The fourth-order valence-corrected chi connectivity index (χ4v) is 2.22. The Kier molecular flexibility index (Phi) is 6.50. The third-order valence-corrected chi connectivity index (χ3v) is 3.41. The molecule has 6 nitrogen and oxygen atoms in total. The number of amides is 1. The van der Waals surface area contributed by atoms with Gasteiger partial charge in [0.1, 0.15) is 12.4 Å². The molecule has 0 atom stereocenters. The Balaban J connectivity index is 1.96. The zero-order valence-corrected chi connectivity index (χ0v) is 13.5. The molecule has 0 saturated heterocycles. The third kappa shape index (κ3) is 5.34. The summed E-state index contributed by atoms with van der Waals surface area (Å²) in [4.78, 5) is 22.4. The van der Waals surface area contributed by atoms with Gasteiger partial charge in [0.25, 0.3) is 0 Å². The predicted octanol–water partition coefficient (Wildman–Crippen LogP) is 1.42. The second kappa shape index (κ2) is 8.85. The molecule has 6 heteroatoms. The summed E-state index contributed by atoms with van der Waals surface area (Å²) in [7, 11) is 3.49. The van der Waals surface area contributed by atoms with Crippen LogP contribution >= 0.6 is 0 Å². The van der Waals surface area contributed by atoms with Gasteiger partial charge in [0.15, 0.2) is 0 Å². The number of nitrogens with one attached hydrogen (secondary N) is 1. The number of carbonyl (C=O) groups is 1. The first-order chi connectivity index (χ1) is 11.2. The highest BCUT2D eigenvalue weighted by atomic mass is 16.5. The van der Waals surface area contributed by atoms with E-state index in [0.717, 1.165) is 30.0 Å². The lowest BCUT2D eigenvalue weighted by Gasteiger charge is -2.21. The maximum absolute atomic E-state index is 11.5. The van der Waals surface area contributed by atoms with Crippen LogP contribution in [-0.4, -0.2) is 43.2 Å². The van der Waals surface area contributed by atoms with Crippen LogP contribution in [0, 0.1) is 0 Å². The molecular formula is C17H22N4O2. The maximum atomic E-state index is 11.5. The van der Waals surface area contributed by atoms with Gasteiger partial charge in [0.05, 0.1) is 0 Å². The average Bonchev–Trinajstić information content (AvgIpc) is 2.59. The van der Waals surface area contributed by atoms with Crippen molar-refractivity contribution in [2.45, 2.75) is 13.0 Å². The number of anilines is 1. The van der Waals surface area contributed by atoms with Crippen LogP contribution in [0.4, 0.5) is 5.82 Å². The largest absolute Gasteiger partial charge is 0.375 e. The van der Waals surface area contributed by atoms with E-state index in [2.05, 4.69) is 20.2 Å². The molecule has 0 aromatic carbocycles. The van der Waals surface area contributed by atoms with Crippen molar-refractivity contribution in [1.82, 2.24) is 15.3 Å². The molecule has 0 unspecified atom stereocenters. The summed E-state index contributed by atoms with van der Waals surface area (Å²) in [5.41, 5.74) is 2.02. The van der Waals surface area contributed by atoms with E-state index in [1.54, 1.807) is 12.4 Å². The Morgan fingerprint density at radius 1 is 1.22 bits per heavy atom. The standard InChI is InChI=1S/C17H22N4O2/c1-21(11-8-15-7-3-4-9-18-15)17-14(6-5-10-19-17)12-20-16(22)13-23-2/h3-7,9-10H,8,11-13H2,1-2H3,(H,20,22). The average molecular weight is 314 g/mol. The van der Waals surface area contributed by atoms with Crippen LogP contribution in [0.1, 0.15) is 11.3 Å². The number of hydrogen-bond acceptors (Lipinski definition) is 5. The maximum Gasteiger partial charge on any atom is 0.246 e. The second-order valence-corrected chi connectivity index (χ2v) is 5.19. The SMILES string of the molecule is COCC(=O)NCc1cccnc1N(C)CCc1ccccn1. The first kappa shape index (κ1) is 16.9. The number of pyridine rings is 2. The summed E-state index contributed by atoms with van der Waals surface area (Å²) in [6.45, 7) is 1.29. The molecule has 0 aliphatic heterocycles. The van der Waals surface area contributed by atoms with Crippen molar-refractivity contribution >= 4 is 11.7 Å². The molecule has 2 aromatic heterocycles. The van der Waals surface area contributed by atoms with Gasteiger partial charge in [0.2, 0.25) is 5.91 Å². The number of nitrogens with zero attached hydrogens (tertiary/aromatic N) is 3. The zero-order chi connectivity index (χ0) is 16.5. The molecular weight excluding hydrogens is 292 g/mol. The normalized spacial score (nSPS) is 10.3. The molecule has 23 heavy (non-hydrogen) atoms. The summed E-state index contributed by atoms with van der Waals surface area (Å²) in [6, 6.07) is 9.74. The second-order valence-electron chi connectivity index (χ2n) is 5.19. The molecule has 0 saturated carbocycles. The van der Waals surface area contributed by atoms with Crippen LogP contribution in [0.2, 0.25) is 0 Å². The Morgan fingerprint density at radius 2 is 2.04 bits per heavy atom. The molecule has 2 heterocycles. The van der Waals surface area contributed by atoms with Crippen molar-refractivity contribution in [3.63, 3.8) is 0 Å². The van der Waals surface area contributed by atoms with Crippen molar-refractivity contribution in [2.75, 3.05) is 32.2 Å². The Hall–Kier alpha value is -2.47. The molecule has 122 valence electrons. The molecule has 0 bridgehead atoms. The summed E-state index contributed by atoms with van der Waals surface area (Å²) >= 11 is 0. The Labute approximate surface area is 136 Å². The van der Waals surface area contributed by atoms with Crippen LogP contribution in [0.25, 0.3) is 0 Å². The topological polar surface area (TPSA) is 67.3 Å².